The summed E-state index contributed by atoms with van der Waals surface area (Å²) in [5.74, 6) is 1.23. The maximum atomic E-state index is 8.95. The molecule has 0 saturated carbocycles. The second kappa shape index (κ2) is 7.25. The fourth-order valence-corrected chi connectivity index (χ4v) is 2.31. The number of nitrogens with zero attached hydrogens (tertiary/aromatic N) is 3. The lowest BCUT2D eigenvalue weighted by atomic mass is 10.1. The van der Waals surface area contributed by atoms with Crippen LogP contribution in [0.2, 0.25) is 0 Å². The molecule has 2 N–H and O–H groups in total. The van der Waals surface area contributed by atoms with Crippen LogP contribution in [0.25, 0.3) is 0 Å². The van der Waals surface area contributed by atoms with Crippen molar-refractivity contribution in [3.05, 3.63) is 77.5 Å². The van der Waals surface area contributed by atoms with Crippen LogP contribution in [-0.4, -0.2) is 9.97 Å². The van der Waals surface area contributed by atoms with Gasteiger partial charge in [0.15, 0.2) is 0 Å². The quantitative estimate of drug-likeness (QED) is 0.744. The van der Waals surface area contributed by atoms with Crippen molar-refractivity contribution in [3.63, 3.8) is 0 Å². The maximum Gasteiger partial charge on any atom is 0.229 e. The predicted molar refractivity (Wildman–Crippen MR) is 95.0 cm³/mol. The van der Waals surface area contributed by atoms with Gasteiger partial charge in [-0.2, -0.15) is 10.2 Å². The number of rotatable bonds is 5. The SMILES string of the molecule is Cc1ccccc1CNc1ccnc(Nc2cccc(C#N)c2)n1. The average molecular weight is 315 g/mol. The molecule has 0 saturated heterocycles. The molecule has 5 heteroatoms. The first kappa shape index (κ1) is 15.5. The molecule has 0 amide bonds. The number of benzene rings is 2. The van der Waals surface area contributed by atoms with Gasteiger partial charge >= 0.3 is 0 Å². The van der Waals surface area contributed by atoms with Gasteiger partial charge in [-0.3, -0.25) is 0 Å². The maximum absolute atomic E-state index is 8.95. The monoisotopic (exact) mass is 315 g/mol. The summed E-state index contributed by atoms with van der Waals surface area (Å²) in [5, 5.41) is 15.4. The van der Waals surface area contributed by atoms with E-state index >= 15 is 0 Å². The number of hydrogen-bond donors (Lipinski definition) is 2. The van der Waals surface area contributed by atoms with Crippen molar-refractivity contribution in [2.75, 3.05) is 10.6 Å². The van der Waals surface area contributed by atoms with Gasteiger partial charge in [0.2, 0.25) is 5.95 Å². The third-order valence-corrected chi connectivity index (χ3v) is 3.62. The van der Waals surface area contributed by atoms with Crippen molar-refractivity contribution >= 4 is 17.5 Å². The van der Waals surface area contributed by atoms with Gasteiger partial charge in [-0.25, -0.2) is 4.98 Å². The molecule has 0 unspecified atom stereocenters. The molecular formula is C19H17N5. The first-order chi connectivity index (χ1) is 11.7. The summed E-state index contributed by atoms with van der Waals surface area (Å²) < 4.78 is 0. The highest BCUT2D eigenvalue weighted by molar-refractivity contribution is 5.57. The molecule has 0 bridgehead atoms. The Hall–Kier alpha value is -3.39. The molecule has 0 fully saturated rings. The Kier molecular flexibility index (Phi) is 4.68. The summed E-state index contributed by atoms with van der Waals surface area (Å²) in [6.45, 7) is 2.79. The van der Waals surface area contributed by atoms with E-state index in [-0.39, 0.29) is 0 Å². The van der Waals surface area contributed by atoms with E-state index in [1.54, 1.807) is 18.3 Å². The van der Waals surface area contributed by atoms with Crippen molar-refractivity contribution in [1.82, 2.24) is 9.97 Å². The van der Waals surface area contributed by atoms with Crippen molar-refractivity contribution in [2.45, 2.75) is 13.5 Å². The van der Waals surface area contributed by atoms with E-state index in [0.29, 0.717) is 18.1 Å². The normalized spacial score (nSPS) is 10.0. The molecule has 0 atom stereocenters. The van der Waals surface area contributed by atoms with Gasteiger partial charge in [-0.1, -0.05) is 30.3 Å². The summed E-state index contributed by atoms with van der Waals surface area (Å²) in [5.41, 5.74) is 3.84. The summed E-state index contributed by atoms with van der Waals surface area (Å²) >= 11 is 0. The molecule has 118 valence electrons. The van der Waals surface area contributed by atoms with Crippen LogP contribution < -0.4 is 10.6 Å². The number of aromatic nitrogens is 2. The van der Waals surface area contributed by atoms with Crippen LogP contribution in [0.15, 0.2) is 60.8 Å². The molecule has 0 aliphatic heterocycles. The molecule has 3 aromatic rings. The second-order valence-electron chi connectivity index (χ2n) is 5.36. The average Bonchev–Trinajstić information content (AvgIpc) is 2.61. The largest absolute Gasteiger partial charge is 0.366 e. The lowest BCUT2D eigenvalue weighted by Crippen LogP contribution is -2.05. The number of aryl methyl sites for hydroxylation is 1. The van der Waals surface area contributed by atoms with E-state index in [1.807, 2.05) is 30.3 Å². The first-order valence-corrected chi connectivity index (χ1v) is 7.63. The first-order valence-electron chi connectivity index (χ1n) is 7.63. The standard InChI is InChI=1S/C19H17N5/c1-14-5-2-3-7-16(14)13-22-18-9-10-21-19(24-18)23-17-8-4-6-15(11-17)12-20/h2-11H,13H2,1H3,(H2,21,22,23,24). The molecule has 5 nitrogen and oxygen atoms in total. The molecular weight excluding hydrogens is 298 g/mol. The summed E-state index contributed by atoms with van der Waals surface area (Å²) in [7, 11) is 0. The van der Waals surface area contributed by atoms with Crippen molar-refractivity contribution in [3.8, 4) is 6.07 Å². The Labute approximate surface area is 141 Å². The van der Waals surface area contributed by atoms with Crippen molar-refractivity contribution < 1.29 is 0 Å². The highest BCUT2D eigenvalue weighted by Crippen LogP contribution is 2.16. The highest BCUT2D eigenvalue weighted by Gasteiger charge is 2.02. The van der Waals surface area contributed by atoms with Crippen LogP contribution in [0.1, 0.15) is 16.7 Å². The van der Waals surface area contributed by atoms with E-state index in [0.717, 1.165) is 11.5 Å². The molecule has 1 aromatic heterocycles. The van der Waals surface area contributed by atoms with E-state index in [1.165, 1.54) is 11.1 Å². The summed E-state index contributed by atoms with van der Waals surface area (Å²) in [6.07, 6.45) is 1.70. The zero-order valence-electron chi connectivity index (χ0n) is 13.3. The van der Waals surface area contributed by atoms with Crippen LogP contribution in [0.4, 0.5) is 17.5 Å². The minimum absolute atomic E-state index is 0.486. The summed E-state index contributed by atoms with van der Waals surface area (Å²) in [4.78, 5) is 8.67. The molecule has 0 aliphatic rings. The molecule has 3 rings (SSSR count). The number of anilines is 3. The predicted octanol–water partition coefficient (Wildman–Crippen LogP) is 4.01. The zero-order valence-corrected chi connectivity index (χ0v) is 13.3. The van der Waals surface area contributed by atoms with Gasteiger partial charge < -0.3 is 10.6 Å². The van der Waals surface area contributed by atoms with Gasteiger partial charge in [0.1, 0.15) is 5.82 Å². The lowest BCUT2D eigenvalue weighted by Gasteiger charge is -2.10. The van der Waals surface area contributed by atoms with E-state index < -0.39 is 0 Å². The lowest BCUT2D eigenvalue weighted by molar-refractivity contribution is 1.07. The zero-order chi connectivity index (χ0) is 16.8. The van der Waals surface area contributed by atoms with Crippen LogP contribution in [-0.2, 0) is 6.54 Å². The Morgan fingerprint density at radius 3 is 2.79 bits per heavy atom. The van der Waals surface area contributed by atoms with Crippen LogP contribution in [0.5, 0.6) is 0 Å². The van der Waals surface area contributed by atoms with Crippen molar-refractivity contribution in [2.24, 2.45) is 0 Å². The van der Waals surface area contributed by atoms with E-state index in [4.69, 9.17) is 5.26 Å². The summed E-state index contributed by atoms with van der Waals surface area (Å²) in [6, 6.07) is 19.4. The molecule has 0 spiro atoms. The molecule has 0 aliphatic carbocycles. The fourth-order valence-electron chi connectivity index (χ4n) is 2.31. The molecule has 0 radical (unpaired) electrons. The molecule has 2 aromatic carbocycles. The van der Waals surface area contributed by atoms with Crippen molar-refractivity contribution in [1.29, 1.82) is 5.26 Å². The fraction of sp³-hybridized carbons (Fsp3) is 0.105. The van der Waals surface area contributed by atoms with Gasteiger partial charge in [0.05, 0.1) is 11.6 Å². The van der Waals surface area contributed by atoms with Gasteiger partial charge in [-0.15, -0.1) is 0 Å². The minimum atomic E-state index is 0.486. The number of nitriles is 1. The Morgan fingerprint density at radius 2 is 1.96 bits per heavy atom. The minimum Gasteiger partial charge on any atom is -0.366 e. The van der Waals surface area contributed by atoms with Crippen LogP contribution in [0, 0.1) is 18.3 Å². The third kappa shape index (κ3) is 3.87. The van der Waals surface area contributed by atoms with Crippen LogP contribution in [0.3, 0.4) is 0 Å². The van der Waals surface area contributed by atoms with Gasteiger partial charge in [0, 0.05) is 18.4 Å². The third-order valence-electron chi connectivity index (χ3n) is 3.62. The van der Waals surface area contributed by atoms with Gasteiger partial charge in [0.25, 0.3) is 0 Å². The second-order valence-corrected chi connectivity index (χ2v) is 5.36. The van der Waals surface area contributed by atoms with Gasteiger partial charge in [-0.05, 0) is 42.3 Å². The van der Waals surface area contributed by atoms with E-state index in [9.17, 15) is 0 Å². The Morgan fingerprint density at radius 1 is 1.08 bits per heavy atom. The highest BCUT2D eigenvalue weighted by atomic mass is 15.1. The topological polar surface area (TPSA) is 73.6 Å². The Balaban J connectivity index is 1.70. The molecule has 1 heterocycles. The number of hydrogen-bond acceptors (Lipinski definition) is 5. The van der Waals surface area contributed by atoms with E-state index in [2.05, 4.69) is 45.7 Å². The smallest absolute Gasteiger partial charge is 0.229 e. The Bertz CT molecular complexity index is 883. The molecule has 24 heavy (non-hydrogen) atoms. The number of nitrogens with one attached hydrogen (secondary N) is 2. The van der Waals surface area contributed by atoms with Crippen LogP contribution >= 0.6 is 0 Å².